The number of carbonyl (C=O) groups excluding carboxylic acids is 1. The zero-order chi connectivity index (χ0) is 19.0. The van der Waals surface area contributed by atoms with Crippen molar-refractivity contribution in [3.05, 3.63) is 83.7 Å². The number of aromatic nitrogens is 1. The van der Waals surface area contributed by atoms with Crippen molar-refractivity contribution in [3.8, 4) is 16.9 Å². The third kappa shape index (κ3) is 3.19. The molecule has 1 atom stereocenters. The van der Waals surface area contributed by atoms with Gasteiger partial charge in [-0.3, -0.25) is 9.78 Å². The van der Waals surface area contributed by atoms with Gasteiger partial charge in [0.05, 0.1) is 12.2 Å². The smallest absolute Gasteiger partial charge is 0.251 e. The molecule has 0 radical (unpaired) electrons. The quantitative estimate of drug-likeness (QED) is 0.727. The molecule has 0 aliphatic carbocycles. The Morgan fingerprint density at radius 3 is 2.63 bits per heavy atom. The number of carbonyl (C=O) groups is 1. The minimum atomic E-state index is -0.535. The first-order valence-corrected chi connectivity index (χ1v) is 9.09. The highest BCUT2D eigenvalue weighted by Gasteiger charge is 2.33. The number of ether oxygens (including phenoxy) is 1. The molecule has 4 nitrogen and oxygen atoms in total. The summed E-state index contributed by atoms with van der Waals surface area (Å²) in [7, 11) is 0. The first kappa shape index (κ1) is 17.3. The summed E-state index contributed by atoms with van der Waals surface area (Å²) >= 11 is 0. The Balaban J connectivity index is 1.66. The molecule has 27 heavy (non-hydrogen) atoms. The molecule has 3 aromatic rings. The molecule has 0 bridgehead atoms. The molecule has 136 valence electrons. The van der Waals surface area contributed by atoms with E-state index in [0.717, 1.165) is 28.0 Å². The molecule has 1 amide bonds. The average Bonchev–Trinajstić information content (AvgIpc) is 2.68. The Morgan fingerprint density at radius 2 is 1.85 bits per heavy atom. The van der Waals surface area contributed by atoms with E-state index in [1.807, 2.05) is 75.4 Å². The largest absolute Gasteiger partial charge is 0.481 e. The third-order valence-corrected chi connectivity index (χ3v) is 5.02. The van der Waals surface area contributed by atoms with E-state index < -0.39 is 5.60 Å². The fraction of sp³-hybridized carbons (Fsp3) is 0.217. The maximum absolute atomic E-state index is 12.8. The zero-order valence-electron chi connectivity index (χ0n) is 15.7. The van der Waals surface area contributed by atoms with Crippen molar-refractivity contribution in [3.63, 3.8) is 0 Å². The number of fused-ring (bicyclic) bond motifs is 3. The molecule has 2 aromatic carbocycles. The van der Waals surface area contributed by atoms with E-state index in [1.165, 1.54) is 0 Å². The van der Waals surface area contributed by atoms with Gasteiger partial charge < -0.3 is 10.1 Å². The van der Waals surface area contributed by atoms with Crippen LogP contribution in [-0.4, -0.2) is 10.9 Å². The summed E-state index contributed by atoms with van der Waals surface area (Å²) < 4.78 is 6.14. The molecule has 1 aromatic heterocycles. The highest BCUT2D eigenvalue weighted by Crippen LogP contribution is 2.44. The zero-order valence-corrected chi connectivity index (χ0v) is 15.7. The van der Waals surface area contributed by atoms with Crippen LogP contribution in [0.2, 0.25) is 0 Å². The molecular formula is C23H22N2O2. The van der Waals surface area contributed by atoms with E-state index in [9.17, 15) is 4.79 Å². The predicted octanol–water partition coefficient (Wildman–Crippen LogP) is 4.87. The number of hydrogen-bond acceptors (Lipinski definition) is 3. The number of hydrogen-bond donors (Lipinski definition) is 1. The van der Waals surface area contributed by atoms with Crippen molar-refractivity contribution in [1.29, 1.82) is 0 Å². The van der Waals surface area contributed by atoms with Crippen molar-refractivity contribution in [2.75, 3.05) is 0 Å². The van der Waals surface area contributed by atoms with Crippen molar-refractivity contribution in [2.45, 2.75) is 32.4 Å². The lowest BCUT2D eigenvalue weighted by molar-refractivity contribution is 0.0936. The first-order chi connectivity index (χ1) is 13.0. The second-order valence-electron chi connectivity index (χ2n) is 7.35. The average molecular weight is 358 g/mol. The topological polar surface area (TPSA) is 51.2 Å². The van der Waals surface area contributed by atoms with Crippen LogP contribution in [0.1, 0.15) is 48.3 Å². The molecule has 4 rings (SSSR count). The van der Waals surface area contributed by atoms with Crippen LogP contribution in [0.25, 0.3) is 11.1 Å². The minimum absolute atomic E-state index is 0.0641. The van der Waals surface area contributed by atoms with E-state index in [1.54, 1.807) is 12.4 Å². The Kier molecular flexibility index (Phi) is 4.19. The van der Waals surface area contributed by atoms with Crippen LogP contribution in [-0.2, 0) is 5.60 Å². The predicted molar refractivity (Wildman–Crippen MR) is 106 cm³/mol. The van der Waals surface area contributed by atoms with Gasteiger partial charge in [-0.25, -0.2) is 0 Å². The highest BCUT2D eigenvalue weighted by molar-refractivity contribution is 5.95. The molecule has 0 fully saturated rings. The fourth-order valence-electron chi connectivity index (χ4n) is 3.54. The first-order valence-electron chi connectivity index (χ1n) is 9.09. The summed E-state index contributed by atoms with van der Waals surface area (Å²) in [6, 6.07) is 17.6. The van der Waals surface area contributed by atoms with Crippen molar-refractivity contribution < 1.29 is 9.53 Å². The van der Waals surface area contributed by atoms with E-state index in [2.05, 4.69) is 10.3 Å². The van der Waals surface area contributed by atoms with Gasteiger partial charge in [-0.2, -0.15) is 0 Å². The van der Waals surface area contributed by atoms with Crippen LogP contribution in [0.5, 0.6) is 5.75 Å². The number of rotatable bonds is 3. The van der Waals surface area contributed by atoms with Crippen LogP contribution >= 0.6 is 0 Å². The lowest BCUT2D eigenvalue weighted by Gasteiger charge is -2.35. The molecule has 0 saturated heterocycles. The standard InChI is InChI=1S/C23H22N2O2/c1-15(16-7-5-4-6-8-16)25-22(26)17-9-10-18-19-11-12-24-14-21(19)27-23(2,3)20(18)13-17/h4-15H,1-3H3,(H,25,26)/t15-/m1/s1. The molecule has 1 aliphatic heterocycles. The molecule has 4 heteroatoms. The fourth-order valence-corrected chi connectivity index (χ4v) is 3.54. The van der Waals surface area contributed by atoms with Crippen molar-refractivity contribution >= 4 is 5.91 Å². The highest BCUT2D eigenvalue weighted by atomic mass is 16.5. The number of amides is 1. The number of nitrogens with zero attached hydrogens (tertiary/aromatic N) is 1. The Bertz CT molecular complexity index is 996. The minimum Gasteiger partial charge on any atom is -0.481 e. The summed E-state index contributed by atoms with van der Waals surface area (Å²) in [6.45, 7) is 6.01. The normalized spacial score (nSPS) is 15.1. The van der Waals surface area contributed by atoms with Gasteiger partial charge in [0.1, 0.15) is 11.4 Å². The van der Waals surface area contributed by atoms with Gasteiger partial charge in [0, 0.05) is 22.9 Å². The monoisotopic (exact) mass is 358 g/mol. The van der Waals surface area contributed by atoms with Gasteiger partial charge in [-0.1, -0.05) is 36.4 Å². The van der Waals surface area contributed by atoms with Crippen molar-refractivity contribution in [1.82, 2.24) is 10.3 Å². The molecule has 0 unspecified atom stereocenters. The molecular weight excluding hydrogens is 336 g/mol. The SMILES string of the molecule is C[C@@H](NC(=O)c1ccc2c(c1)C(C)(C)Oc1cnccc1-2)c1ccccc1. The van der Waals surface area contributed by atoms with E-state index in [0.29, 0.717) is 5.56 Å². The summed E-state index contributed by atoms with van der Waals surface area (Å²) in [5, 5.41) is 3.08. The van der Waals surface area contributed by atoms with E-state index >= 15 is 0 Å². The number of pyridine rings is 1. The van der Waals surface area contributed by atoms with Gasteiger partial charge in [-0.15, -0.1) is 0 Å². The molecule has 1 aliphatic rings. The van der Waals surface area contributed by atoms with Crippen LogP contribution in [0, 0.1) is 0 Å². The molecule has 0 saturated carbocycles. The number of nitrogens with one attached hydrogen (secondary N) is 1. The molecule has 2 heterocycles. The Morgan fingerprint density at radius 1 is 1.07 bits per heavy atom. The lowest BCUT2D eigenvalue weighted by atomic mass is 9.85. The van der Waals surface area contributed by atoms with Gasteiger partial charge in [0.2, 0.25) is 0 Å². The van der Waals surface area contributed by atoms with Crippen LogP contribution in [0.3, 0.4) is 0 Å². The van der Waals surface area contributed by atoms with Crippen LogP contribution in [0.4, 0.5) is 0 Å². The number of benzene rings is 2. The van der Waals surface area contributed by atoms with Gasteiger partial charge >= 0.3 is 0 Å². The molecule has 0 spiro atoms. The summed E-state index contributed by atoms with van der Waals surface area (Å²) in [5.41, 5.74) is 4.26. The summed E-state index contributed by atoms with van der Waals surface area (Å²) in [6.07, 6.45) is 3.49. The molecule has 1 N–H and O–H groups in total. The summed E-state index contributed by atoms with van der Waals surface area (Å²) in [4.78, 5) is 17.0. The van der Waals surface area contributed by atoms with Crippen LogP contribution < -0.4 is 10.1 Å². The van der Waals surface area contributed by atoms with Gasteiger partial charge in [0.15, 0.2) is 0 Å². The lowest BCUT2D eigenvalue weighted by Crippen LogP contribution is -2.31. The van der Waals surface area contributed by atoms with E-state index in [4.69, 9.17) is 4.74 Å². The maximum atomic E-state index is 12.8. The summed E-state index contributed by atoms with van der Waals surface area (Å²) in [5.74, 6) is 0.676. The Hall–Kier alpha value is -3.14. The van der Waals surface area contributed by atoms with Crippen molar-refractivity contribution in [2.24, 2.45) is 0 Å². The second-order valence-corrected chi connectivity index (χ2v) is 7.35. The van der Waals surface area contributed by atoms with E-state index in [-0.39, 0.29) is 11.9 Å². The maximum Gasteiger partial charge on any atom is 0.251 e. The van der Waals surface area contributed by atoms with Gasteiger partial charge in [-0.05, 0) is 50.1 Å². The third-order valence-electron chi connectivity index (χ3n) is 5.02. The van der Waals surface area contributed by atoms with Gasteiger partial charge in [0.25, 0.3) is 5.91 Å². The van der Waals surface area contributed by atoms with Crippen LogP contribution in [0.15, 0.2) is 67.0 Å². The Labute approximate surface area is 159 Å². The second kappa shape index (κ2) is 6.54.